The zero-order valence-electron chi connectivity index (χ0n) is 19.2. The van der Waals surface area contributed by atoms with Crippen molar-refractivity contribution in [3.63, 3.8) is 0 Å². The summed E-state index contributed by atoms with van der Waals surface area (Å²) in [6, 6.07) is 17.3. The van der Waals surface area contributed by atoms with Gasteiger partial charge >= 0.3 is 0 Å². The van der Waals surface area contributed by atoms with Crippen LogP contribution in [0.1, 0.15) is 44.1 Å². The van der Waals surface area contributed by atoms with Crippen LogP contribution in [0.5, 0.6) is 5.75 Å². The Labute approximate surface area is 204 Å². The molecule has 0 saturated heterocycles. The van der Waals surface area contributed by atoms with Crippen molar-refractivity contribution >= 4 is 17.7 Å². The fraction of sp³-hybridized carbons (Fsp3) is 0.444. The molecule has 0 unspecified atom stereocenters. The molecule has 0 radical (unpaired) electrons. The third-order valence-electron chi connectivity index (χ3n) is 7.82. The molecule has 1 aromatic heterocycles. The smallest absolute Gasteiger partial charge is 0.230 e. The second-order valence-electron chi connectivity index (χ2n) is 10.4. The summed E-state index contributed by atoms with van der Waals surface area (Å²) in [4.78, 5) is 13.1. The van der Waals surface area contributed by atoms with Crippen LogP contribution < -0.4 is 5.32 Å². The van der Waals surface area contributed by atoms with Crippen molar-refractivity contribution in [1.29, 1.82) is 0 Å². The first-order valence-electron chi connectivity index (χ1n) is 12.3. The maximum Gasteiger partial charge on any atom is 0.230 e. The van der Waals surface area contributed by atoms with Crippen LogP contribution in [-0.2, 0) is 11.3 Å². The van der Waals surface area contributed by atoms with E-state index in [0.717, 1.165) is 42.6 Å². The largest absolute Gasteiger partial charge is 0.507 e. The van der Waals surface area contributed by atoms with Gasteiger partial charge in [0.25, 0.3) is 0 Å². The van der Waals surface area contributed by atoms with Crippen molar-refractivity contribution in [2.24, 2.45) is 17.8 Å². The van der Waals surface area contributed by atoms with E-state index in [1.807, 2.05) is 34.9 Å². The SMILES string of the molecule is O=C(CSc1nnc(-c2ccccc2O)n1Cc1ccccc1)NC12CC3CC(CC(C3)C1)C2. The highest BCUT2D eigenvalue weighted by Gasteiger charge is 2.51. The van der Waals surface area contributed by atoms with Gasteiger partial charge in [0, 0.05) is 5.54 Å². The number of amides is 1. The molecule has 1 heterocycles. The van der Waals surface area contributed by atoms with E-state index in [9.17, 15) is 9.90 Å². The molecule has 0 spiro atoms. The fourth-order valence-electron chi connectivity index (χ4n) is 6.89. The summed E-state index contributed by atoms with van der Waals surface area (Å²) in [6.07, 6.45) is 7.54. The summed E-state index contributed by atoms with van der Waals surface area (Å²) >= 11 is 1.42. The number of hydrogen-bond donors (Lipinski definition) is 2. The highest BCUT2D eigenvalue weighted by atomic mass is 32.2. The Morgan fingerprint density at radius 3 is 2.29 bits per heavy atom. The summed E-state index contributed by atoms with van der Waals surface area (Å²) in [5.74, 6) is 3.57. The van der Waals surface area contributed by atoms with Crippen LogP contribution in [0.4, 0.5) is 0 Å². The van der Waals surface area contributed by atoms with Gasteiger partial charge in [-0.1, -0.05) is 54.2 Å². The lowest BCUT2D eigenvalue weighted by Gasteiger charge is -2.56. The number of carbonyl (C=O) groups is 1. The van der Waals surface area contributed by atoms with Gasteiger partial charge in [-0.25, -0.2) is 0 Å². The third kappa shape index (κ3) is 4.22. The number of nitrogens with zero attached hydrogens (tertiary/aromatic N) is 3. The summed E-state index contributed by atoms with van der Waals surface area (Å²) in [5, 5.41) is 23.4. The summed E-state index contributed by atoms with van der Waals surface area (Å²) < 4.78 is 1.99. The van der Waals surface area contributed by atoms with Gasteiger partial charge < -0.3 is 10.4 Å². The summed E-state index contributed by atoms with van der Waals surface area (Å²) in [5.41, 5.74) is 1.76. The van der Waals surface area contributed by atoms with Crippen molar-refractivity contribution < 1.29 is 9.90 Å². The summed E-state index contributed by atoms with van der Waals surface area (Å²) in [6.45, 7) is 0.566. The molecule has 4 aliphatic carbocycles. The molecule has 0 aliphatic heterocycles. The molecule has 176 valence electrons. The molecule has 4 bridgehead atoms. The van der Waals surface area contributed by atoms with Gasteiger partial charge in [0.15, 0.2) is 11.0 Å². The van der Waals surface area contributed by atoms with E-state index < -0.39 is 0 Å². The first-order valence-corrected chi connectivity index (χ1v) is 13.2. The molecule has 3 aromatic rings. The van der Waals surface area contributed by atoms with Gasteiger partial charge in [-0.3, -0.25) is 9.36 Å². The number of thioether (sulfide) groups is 1. The quantitative estimate of drug-likeness (QED) is 0.477. The lowest BCUT2D eigenvalue weighted by molar-refractivity contribution is -0.124. The van der Waals surface area contributed by atoms with E-state index in [0.29, 0.717) is 28.8 Å². The Morgan fingerprint density at radius 1 is 0.971 bits per heavy atom. The number of aromatic hydroxyl groups is 1. The minimum absolute atomic E-state index is 0.0189. The highest BCUT2D eigenvalue weighted by molar-refractivity contribution is 7.99. The number of aromatic nitrogens is 3. The molecule has 34 heavy (non-hydrogen) atoms. The second kappa shape index (κ2) is 8.77. The topological polar surface area (TPSA) is 80.0 Å². The Morgan fingerprint density at radius 2 is 1.62 bits per heavy atom. The van der Waals surface area contributed by atoms with Crippen LogP contribution in [0.15, 0.2) is 59.8 Å². The monoisotopic (exact) mass is 474 g/mol. The van der Waals surface area contributed by atoms with E-state index in [-0.39, 0.29) is 17.2 Å². The van der Waals surface area contributed by atoms with Gasteiger partial charge in [0.2, 0.25) is 5.91 Å². The Bertz CT molecular complexity index is 1160. The van der Waals surface area contributed by atoms with Crippen molar-refractivity contribution in [2.75, 3.05) is 5.75 Å². The van der Waals surface area contributed by atoms with E-state index in [4.69, 9.17) is 0 Å². The predicted octanol–water partition coefficient (Wildman–Crippen LogP) is 4.88. The number of phenolic OH excluding ortho intramolecular Hbond substituents is 1. The average Bonchev–Trinajstić information content (AvgIpc) is 3.19. The van der Waals surface area contributed by atoms with E-state index >= 15 is 0 Å². The molecule has 0 atom stereocenters. The standard InChI is InChI=1S/C27H30N4O2S/c32-23-9-5-4-8-22(23)25-29-30-26(31(25)16-18-6-2-1-3-7-18)34-17-24(33)28-27-13-19-10-20(14-27)12-21(11-19)15-27/h1-9,19-21,32H,10-17H2,(H,28,33). The zero-order chi connectivity index (χ0) is 23.1. The molecule has 7 heteroatoms. The van der Waals surface area contributed by atoms with Crippen LogP contribution in [0.25, 0.3) is 11.4 Å². The van der Waals surface area contributed by atoms with Gasteiger partial charge in [-0.15, -0.1) is 10.2 Å². The van der Waals surface area contributed by atoms with Crippen molar-refractivity contribution in [3.8, 4) is 17.1 Å². The van der Waals surface area contributed by atoms with E-state index in [1.54, 1.807) is 12.1 Å². The lowest BCUT2D eigenvalue weighted by atomic mass is 9.53. The zero-order valence-corrected chi connectivity index (χ0v) is 20.0. The first-order chi connectivity index (χ1) is 16.6. The highest BCUT2D eigenvalue weighted by Crippen LogP contribution is 2.55. The first kappa shape index (κ1) is 21.7. The fourth-order valence-corrected chi connectivity index (χ4v) is 7.63. The number of para-hydroxylation sites is 1. The number of hydrogen-bond acceptors (Lipinski definition) is 5. The van der Waals surface area contributed by atoms with Crippen molar-refractivity contribution in [2.45, 2.75) is 55.8 Å². The number of nitrogens with one attached hydrogen (secondary N) is 1. The minimum Gasteiger partial charge on any atom is -0.507 e. The second-order valence-corrected chi connectivity index (χ2v) is 11.4. The minimum atomic E-state index is 0.0189. The number of carbonyl (C=O) groups excluding carboxylic acids is 1. The molecular formula is C27H30N4O2S. The number of rotatable bonds is 7. The molecule has 2 aromatic carbocycles. The predicted molar refractivity (Wildman–Crippen MR) is 132 cm³/mol. The van der Waals surface area contributed by atoms with E-state index in [1.165, 1.54) is 31.0 Å². The molecule has 1 amide bonds. The molecule has 7 rings (SSSR count). The lowest BCUT2D eigenvalue weighted by Crippen LogP contribution is -2.60. The van der Waals surface area contributed by atoms with Crippen molar-refractivity contribution in [1.82, 2.24) is 20.1 Å². The van der Waals surface area contributed by atoms with Crippen LogP contribution in [0.3, 0.4) is 0 Å². The summed E-state index contributed by atoms with van der Waals surface area (Å²) in [7, 11) is 0. The molecule has 4 fully saturated rings. The maximum absolute atomic E-state index is 13.1. The van der Waals surface area contributed by atoms with Gasteiger partial charge in [0.1, 0.15) is 5.75 Å². The molecule has 4 saturated carbocycles. The molecule has 6 nitrogen and oxygen atoms in total. The molecule has 2 N–H and O–H groups in total. The van der Waals surface area contributed by atoms with Gasteiger partial charge in [-0.2, -0.15) is 0 Å². The number of phenols is 1. The molecular weight excluding hydrogens is 444 g/mol. The van der Waals surface area contributed by atoms with Gasteiger partial charge in [-0.05, 0) is 74.0 Å². The maximum atomic E-state index is 13.1. The van der Waals surface area contributed by atoms with E-state index in [2.05, 4.69) is 27.6 Å². The van der Waals surface area contributed by atoms with Gasteiger partial charge in [0.05, 0.1) is 17.9 Å². The van der Waals surface area contributed by atoms with Crippen LogP contribution >= 0.6 is 11.8 Å². The van der Waals surface area contributed by atoms with Crippen LogP contribution in [0, 0.1) is 17.8 Å². The molecule has 4 aliphatic rings. The van der Waals surface area contributed by atoms with Crippen LogP contribution in [-0.4, -0.2) is 37.1 Å². The normalized spacial score (nSPS) is 27.1. The third-order valence-corrected chi connectivity index (χ3v) is 8.79. The number of benzene rings is 2. The Kier molecular flexibility index (Phi) is 5.60. The average molecular weight is 475 g/mol. The Hall–Kier alpha value is -2.80. The Balaban J connectivity index is 1.20. The van der Waals surface area contributed by atoms with Crippen LogP contribution in [0.2, 0.25) is 0 Å². The van der Waals surface area contributed by atoms with Crippen molar-refractivity contribution in [3.05, 3.63) is 60.2 Å².